The third-order valence-corrected chi connectivity index (χ3v) is 2.91. The summed E-state index contributed by atoms with van der Waals surface area (Å²) in [5, 5.41) is -0.177. The molecule has 4 nitrogen and oxygen atoms in total. The molecule has 118 valence electrons. The van der Waals surface area contributed by atoms with Crippen LogP contribution >= 0.6 is 15.9 Å². The van der Waals surface area contributed by atoms with Gasteiger partial charge in [0.25, 0.3) is 6.43 Å². The van der Waals surface area contributed by atoms with Crippen molar-refractivity contribution >= 4 is 21.9 Å². The molecule has 0 bridgehead atoms. The summed E-state index contributed by atoms with van der Waals surface area (Å²) in [7, 11) is 1.02. The largest absolute Gasteiger partial charge is 0.574 e. The number of hydrogen-bond donors (Lipinski definition) is 0. The maximum atomic E-state index is 12.9. The molecule has 0 saturated heterocycles. The number of pyridine rings is 1. The van der Waals surface area contributed by atoms with Gasteiger partial charge in [-0.2, -0.15) is 0 Å². The number of nitrogens with zero attached hydrogens (tertiary/aromatic N) is 1. The molecule has 21 heavy (non-hydrogen) atoms. The number of ether oxygens (including phenoxy) is 2. The van der Waals surface area contributed by atoms with Crippen molar-refractivity contribution in [2.24, 2.45) is 0 Å². The number of alkyl halides is 6. The van der Waals surface area contributed by atoms with E-state index in [0.29, 0.717) is 0 Å². The zero-order valence-corrected chi connectivity index (χ0v) is 12.1. The van der Waals surface area contributed by atoms with Gasteiger partial charge in [-0.1, -0.05) is 15.9 Å². The monoisotopic (exact) mass is 377 g/mol. The van der Waals surface area contributed by atoms with Gasteiger partial charge in [0.05, 0.1) is 19.2 Å². The first-order valence-corrected chi connectivity index (χ1v) is 6.49. The van der Waals surface area contributed by atoms with Crippen molar-refractivity contribution in [3.8, 4) is 5.88 Å². The number of carbonyl (C=O) groups is 1. The molecule has 0 amide bonds. The third kappa shape index (κ3) is 5.10. The fourth-order valence-corrected chi connectivity index (χ4v) is 1.83. The van der Waals surface area contributed by atoms with Gasteiger partial charge in [0.1, 0.15) is 0 Å². The number of methoxy groups -OCH3 is 1. The van der Waals surface area contributed by atoms with E-state index < -0.39 is 42.3 Å². The summed E-state index contributed by atoms with van der Waals surface area (Å²) in [4.78, 5) is 14.5. The smallest absolute Gasteiger partial charge is 0.469 e. The van der Waals surface area contributed by atoms with Crippen molar-refractivity contribution in [2.45, 2.75) is 24.5 Å². The SMILES string of the molecule is COC(=O)Cc1nc(OC(F)(F)F)c(CBr)cc1C(F)F. The molecule has 0 N–H and O–H groups in total. The molecule has 0 fully saturated rings. The van der Waals surface area contributed by atoms with E-state index in [9.17, 15) is 26.7 Å². The maximum Gasteiger partial charge on any atom is 0.574 e. The fourth-order valence-electron chi connectivity index (χ4n) is 1.42. The van der Waals surface area contributed by atoms with Crippen LogP contribution in [0.2, 0.25) is 0 Å². The quantitative estimate of drug-likeness (QED) is 0.447. The second kappa shape index (κ2) is 7.01. The molecule has 0 aliphatic heterocycles. The number of hydrogen-bond acceptors (Lipinski definition) is 4. The van der Waals surface area contributed by atoms with Gasteiger partial charge in [0.15, 0.2) is 0 Å². The third-order valence-electron chi connectivity index (χ3n) is 2.31. The normalized spacial score (nSPS) is 11.6. The van der Waals surface area contributed by atoms with Crippen LogP contribution in [0.3, 0.4) is 0 Å². The van der Waals surface area contributed by atoms with E-state index in [1.54, 1.807) is 0 Å². The van der Waals surface area contributed by atoms with Gasteiger partial charge in [-0.05, 0) is 6.07 Å². The second-order valence-electron chi connectivity index (χ2n) is 3.72. The van der Waals surface area contributed by atoms with Crippen LogP contribution < -0.4 is 4.74 Å². The fraction of sp³-hybridized carbons (Fsp3) is 0.455. The average Bonchev–Trinajstić information content (AvgIpc) is 2.36. The van der Waals surface area contributed by atoms with Crippen LogP contribution in [-0.4, -0.2) is 24.4 Å². The lowest BCUT2D eigenvalue weighted by molar-refractivity contribution is -0.276. The molecule has 0 radical (unpaired) electrons. The molecule has 0 atom stereocenters. The topological polar surface area (TPSA) is 48.4 Å². The van der Waals surface area contributed by atoms with Crippen LogP contribution in [0.15, 0.2) is 6.07 Å². The van der Waals surface area contributed by atoms with Crippen molar-refractivity contribution in [3.63, 3.8) is 0 Å². The number of rotatable bonds is 5. The molecule has 1 heterocycles. The maximum absolute atomic E-state index is 12.9. The predicted molar refractivity (Wildman–Crippen MR) is 64.2 cm³/mol. The van der Waals surface area contributed by atoms with Gasteiger partial charge in [0.2, 0.25) is 5.88 Å². The zero-order valence-electron chi connectivity index (χ0n) is 10.5. The van der Waals surface area contributed by atoms with Crippen LogP contribution in [0, 0.1) is 0 Å². The highest BCUT2D eigenvalue weighted by Gasteiger charge is 2.34. The second-order valence-corrected chi connectivity index (χ2v) is 4.28. The molecule has 1 aromatic heterocycles. The lowest BCUT2D eigenvalue weighted by Crippen LogP contribution is -2.20. The first-order chi connectivity index (χ1) is 9.67. The van der Waals surface area contributed by atoms with E-state index in [1.165, 1.54) is 0 Å². The first kappa shape index (κ1) is 17.6. The van der Waals surface area contributed by atoms with Crippen molar-refractivity contribution in [3.05, 3.63) is 22.9 Å². The number of carbonyl (C=O) groups excluding carboxylic acids is 1. The molecule has 0 aromatic carbocycles. The molecule has 1 rings (SSSR count). The summed E-state index contributed by atoms with van der Waals surface area (Å²) in [6, 6.07) is 0.811. The Bertz CT molecular complexity index is 521. The Kier molecular flexibility index (Phi) is 5.87. The van der Waals surface area contributed by atoms with Crippen LogP contribution in [0.1, 0.15) is 23.2 Å². The van der Waals surface area contributed by atoms with E-state index in [2.05, 4.69) is 30.4 Å². The van der Waals surface area contributed by atoms with Crippen molar-refractivity contribution < 1.29 is 36.2 Å². The van der Waals surface area contributed by atoms with Gasteiger partial charge >= 0.3 is 12.3 Å². The Hall–Kier alpha value is -1.45. The lowest BCUT2D eigenvalue weighted by atomic mass is 10.1. The molecule has 10 heteroatoms. The molecule has 0 aliphatic rings. The average molecular weight is 378 g/mol. The molecule has 1 aromatic rings. The van der Waals surface area contributed by atoms with Crippen molar-refractivity contribution in [2.75, 3.05) is 7.11 Å². The van der Waals surface area contributed by atoms with Gasteiger partial charge in [-0.3, -0.25) is 4.79 Å². The summed E-state index contributed by atoms with van der Waals surface area (Å²) < 4.78 is 70.5. The van der Waals surface area contributed by atoms with E-state index in [4.69, 9.17) is 0 Å². The van der Waals surface area contributed by atoms with Crippen LogP contribution in [0.4, 0.5) is 22.0 Å². The highest BCUT2D eigenvalue weighted by Crippen LogP contribution is 2.32. The Balaban J connectivity index is 3.31. The molecular formula is C11H9BrF5NO3. The van der Waals surface area contributed by atoms with Gasteiger partial charge < -0.3 is 9.47 Å². The lowest BCUT2D eigenvalue weighted by Gasteiger charge is -2.15. The Morgan fingerprint density at radius 3 is 2.48 bits per heavy atom. The number of halogens is 6. The molecular weight excluding hydrogens is 369 g/mol. The molecule has 0 saturated carbocycles. The minimum atomic E-state index is -5.03. The summed E-state index contributed by atoms with van der Waals surface area (Å²) in [6.07, 6.45) is -8.72. The summed E-state index contributed by atoms with van der Waals surface area (Å²) >= 11 is 2.86. The van der Waals surface area contributed by atoms with E-state index in [0.717, 1.165) is 13.2 Å². The Labute approximate surface area is 124 Å². The molecule has 0 spiro atoms. The van der Waals surface area contributed by atoms with Crippen molar-refractivity contribution in [1.29, 1.82) is 0 Å². The van der Waals surface area contributed by atoms with E-state index in [-0.39, 0.29) is 10.9 Å². The molecule has 0 aliphatic carbocycles. The summed E-state index contributed by atoms with van der Waals surface area (Å²) in [5.41, 5.74) is -1.39. The van der Waals surface area contributed by atoms with Gasteiger partial charge in [-0.15, -0.1) is 13.2 Å². The van der Waals surface area contributed by atoms with Crippen LogP contribution in [-0.2, 0) is 21.3 Å². The molecule has 0 unspecified atom stereocenters. The van der Waals surface area contributed by atoms with Crippen LogP contribution in [0.5, 0.6) is 5.88 Å². The first-order valence-electron chi connectivity index (χ1n) is 5.37. The van der Waals surface area contributed by atoms with Crippen LogP contribution in [0.25, 0.3) is 0 Å². The highest BCUT2D eigenvalue weighted by atomic mass is 79.9. The van der Waals surface area contributed by atoms with Gasteiger partial charge in [-0.25, -0.2) is 13.8 Å². The van der Waals surface area contributed by atoms with Gasteiger partial charge in [0, 0.05) is 16.5 Å². The predicted octanol–water partition coefficient (Wildman–Crippen LogP) is 3.53. The zero-order chi connectivity index (χ0) is 16.2. The summed E-state index contributed by atoms with van der Waals surface area (Å²) in [6.45, 7) is 0. The summed E-state index contributed by atoms with van der Waals surface area (Å²) in [5.74, 6) is -1.79. The number of esters is 1. The highest BCUT2D eigenvalue weighted by molar-refractivity contribution is 9.08. The minimum absolute atomic E-state index is 0.177. The Morgan fingerprint density at radius 1 is 1.43 bits per heavy atom. The standard InChI is InChI=1S/C11H9BrF5NO3/c1-20-8(19)3-7-6(9(13)14)2-5(4-12)10(18-7)21-11(15,16)17/h2,9H,3-4H2,1H3. The van der Waals surface area contributed by atoms with E-state index in [1.807, 2.05) is 0 Å². The minimum Gasteiger partial charge on any atom is -0.469 e. The van der Waals surface area contributed by atoms with E-state index >= 15 is 0 Å². The number of aromatic nitrogens is 1. The van der Waals surface area contributed by atoms with Crippen molar-refractivity contribution in [1.82, 2.24) is 4.98 Å². The Morgan fingerprint density at radius 2 is 2.05 bits per heavy atom.